The first-order valence-corrected chi connectivity index (χ1v) is 9.53. The Morgan fingerprint density at radius 3 is 2.67 bits per heavy atom. The van der Waals surface area contributed by atoms with Gasteiger partial charge in [-0.05, 0) is 30.9 Å². The molecule has 0 spiro atoms. The zero-order valence-electron chi connectivity index (χ0n) is 15.5. The minimum absolute atomic E-state index is 0.0885. The van der Waals surface area contributed by atoms with Gasteiger partial charge in [-0.3, -0.25) is 4.79 Å². The third kappa shape index (κ3) is 3.85. The lowest BCUT2D eigenvalue weighted by atomic mass is 10.00. The molecule has 1 aromatic carbocycles. The monoisotopic (exact) mass is 364 g/mol. The van der Waals surface area contributed by atoms with Crippen molar-refractivity contribution in [2.75, 3.05) is 13.2 Å². The van der Waals surface area contributed by atoms with Gasteiger partial charge >= 0.3 is 0 Å². The Balaban J connectivity index is 1.78. The molecule has 0 saturated carbocycles. The van der Waals surface area contributed by atoms with E-state index in [-0.39, 0.29) is 5.56 Å². The lowest BCUT2D eigenvalue weighted by molar-refractivity contribution is 0.0835. The van der Waals surface area contributed by atoms with Gasteiger partial charge < -0.3 is 9.72 Å². The van der Waals surface area contributed by atoms with Crippen LogP contribution in [0.2, 0.25) is 0 Å². The van der Waals surface area contributed by atoms with E-state index < -0.39 is 0 Å². The molecule has 1 saturated heterocycles. The third-order valence-corrected chi connectivity index (χ3v) is 5.04. The summed E-state index contributed by atoms with van der Waals surface area (Å²) in [6, 6.07) is 13.7. The largest absolute Gasteiger partial charge is 0.381 e. The predicted octanol–water partition coefficient (Wildman–Crippen LogP) is 3.14. The number of nitrogens with one attached hydrogen (secondary N) is 1. The van der Waals surface area contributed by atoms with Gasteiger partial charge in [0, 0.05) is 36.5 Å². The highest BCUT2D eigenvalue weighted by atomic mass is 16.5. The zero-order valence-corrected chi connectivity index (χ0v) is 15.5. The molecule has 0 bridgehead atoms. The average Bonchev–Trinajstić information content (AvgIpc) is 3.13. The second-order valence-corrected chi connectivity index (χ2v) is 6.89. The molecule has 1 aliphatic heterocycles. The number of H-pyrrole nitrogens is 1. The van der Waals surface area contributed by atoms with Gasteiger partial charge in [-0.25, -0.2) is 9.67 Å². The topological polar surface area (TPSA) is 72.8 Å². The number of pyridine rings is 1. The Labute approximate surface area is 158 Å². The Morgan fingerprint density at radius 1 is 1.15 bits per heavy atom. The van der Waals surface area contributed by atoms with Gasteiger partial charge in [0.25, 0.3) is 0 Å². The van der Waals surface area contributed by atoms with Crippen LogP contribution < -0.4 is 5.56 Å². The molecule has 0 radical (unpaired) electrons. The van der Waals surface area contributed by atoms with Crippen LogP contribution in [-0.2, 0) is 17.7 Å². The van der Waals surface area contributed by atoms with Crippen LogP contribution in [0.25, 0.3) is 11.4 Å². The van der Waals surface area contributed by atoms with Crippen molar-refractivity contribution in [3.05, 3.63) is 69.9 Å². The Morgan fingerprint density at radius 2 is 1.93 bits per heavy atom. The van der Waals surface area contributed by atoms with E-state index >= 15 is 0 Å². The van der Waals surface area contributed by atoms with E-state index in [1.165, 1.54) is 5.56 Å². The number of aromatic nitrogens is 4. The first-order chi connectivity index (χ1) is 13.2. The van der Waals surface area contributed by atoms with E-state index in [0.717, 1.165) is 55.4 Å². The number of aryl methyl sites for hydroxylation is 1. The average molecular weight is 364 g/mol. The first-order valence-electron chi connectivity index (χ1n) is 9.53. The van der Waals surface area contributed by atoms with Gasteiger partial charge in [0.05, 0.1) is 6.54 Å². The van der Waals surface area contributed by atoms with E-state index in [1.54, 1.807) is 6.07 Å². The molecule has 1 fully saturated rings. The van der Waals surface area contributed by atoms with E-state index in [2.05, 4.69) is 17.1 Å². The summed E-state index contributed by atoms with van der Waals surface area (Å²) in [6.07, 6.45) is 2.62. The summed E-state index contributed by atoms with van der Waals surface area (Å²) in [7, 11) is 0. The second-order valence-electron chi connectivity index (χ2n) is 6.89. The van der Waals surface area contributed by atoms with Gasteiger partial charge in [0.1, 0.15) is 0 Å². The van der Waals surface area contributed by atoms with E-state index in [1.807, 2.05) is 35.9 Å². The van der Waals surface area contributed by atoms with Crippen LogP contribution in [0.1, 0.15) is 42.8 Å². The van der Waals surface area contributed by atoms with E-state index in [9.17, 15) is 4.79 Å². The highest BCUT2D eigenvalue weighted by molar-refractivity contribution is 5.58. The molecule has 4 rings (SSSR count). The van der Waals surface area contributed by atoms with Crippen molar-refractivity contribution >= 4 is 0 Å². The summed E-state index contributed by atoms with van der Waals surface area (Å²) in [5.41, 5.74) is 2.92. The zero-order chi connectivity index (χ0) is 18.6. The minimum Gasteiger partial charge on any atom is -0.381 e. The molecule has 1 aliphatic rings. The molecular weight excluding hydrogens is 340 g/mol. The van der Waals surface area contributed by atoms with Crippen LogP contribution in [0, 0.1) is 0 Å². The van der Waals surface area contributed by atoms with Gasteiger partial charge in [-0.2, -0.15) is 5.10 Å². The van der Waals surface area contributed by atoms with Crippen molar-refractivity contribution in [1.29, 1.82) is 0 Å². The standard InChI is InChI=1S/C21H24N4O2/c1-2-18-17(8-9-19(26)22-18)21-23-20(16-10-12-27-13-11-16)24-25(21)14-15-6-4-3-5-7-15/h3-9,16H,2,10-14H2,1H3,(H,22,26). The highest BCUT2D eigenvalue weighted by Crippen LogP contribution is 2.28. The van der Waals surface area contributed by atoms with Crippen LogP contribution in [0.15, 0.2) is 47.3 Å². The minimum atomic E-state index is -0.0885. The molecule has 0 atom stereocenters. The summed E-state index contributed by atoms with van der Waals surface area (Å²) in [5, 5.41) is 4.86. The van der Waals surface area contributed by atoms with Crippen molar-refractivity contribution in [3.8, 4) is 11.4 Å². The summed E-state index contributed by atoms with van der Waals surface area (Å²) >= 11 is 0. The normalized spacial score (nSPS) is 15.1. The molecular formula is C21H24N4O2. The van der Waals surface area contributed by atoms with Crippen LogP contribution in [0.4, 0.5) is 0 Å². The van der Waals surface area contributed by atoms with Crippen molar-refractivity contribution in [3.63, 3.8) is 0 Å². The molecule has 0 amide bonds. The van der Waals surface area contributed by atoms with E-state index in [4.69, 9.17) is 14.8 Å². The van der Waals surface area contributed by atoms with Crippen LogP contribution >= 0.6 is 0 Å². The summed E-state index contributed by atoms with van der Waals surface area (Å²) < 4.78 is 7.45. The van der Waals surface area contributed by atoms with Gasteiger partial charge in [0.2, 0.25) is 5.56 Å². The van der Waals surface area contributed by atoms with Gasteiger partial charge in [0.15, 0.2) is 11.6 Å². The molecule has 3 heterocycles. The number of rotatable bonds is 5. The number of aromatic amines is 1. The van der Waals surface area contributed by atoms with Crippen LogP contribution in [0.5, 0.6) is 0 Å². The number of benzene rings is 1. The fourth-order valence-corrected chi connectivity index (χ4v) is 3.56. The maximum absolute atomic E-state index is 11.7. The highest BCUT2D eigenvalue weighted by Gasteiger charge is 2.23. The van der Waals surface area contributed by atoms with E-state index in [0.29, 0.717) is 12.5 Å². The van der Waals surface area contributed by atoms with Crippen molar-refractivity contribution in [2.24, 2.45) is 0 Å². The van der Waals surface area contributed by atoms with Crippen molar-refractivity contribution < 1.29 is 4.74 Å². The molecule has 3 aromatic rings. The molecule has 6 nitrogen and oxygen atoms in total. The molecule has 0 unspecified atom stereocenters. The first kappa shape index (κ1) is 17.7. The number of nitrogens with zero attached hydrogens (tertiary/aromatic N) is 3. The summed E-state index contributed by atoms with van der Waals surface area (Å²) in [6.45, 7) is 4.19. The molecule has 0 aliphatic carbocycles. The van der Waals surface area contributed by atoms with Crippen LogP contribution in [0.3, 0.4) is 0 Å². The second kappa shape index (κ2) is 7.88. The SMILES string of the molecule is CCc1[nH]c(=O)ccc1-c1nc(C2CCOCC2)nn1Cc1ccccc1. The fraction of sp³-hybridized carbons (Fsp3) is 0.381. The predicted molar refractivity (Wildman–Crippen MR) is 104 cm³/mol. The Hall–Kier alpha value is -2.73. The lowest BCUT2D eigenvalue weighted by Gasteiger charge is -2.18. The van der Waals surface area contributed by atoms with Gasteiger partial charge in [-0.15, -0.1) is 0 Å². The number of hydrogen-bond donors (Lipinski definition) is 1. The molecule has 140 valence electrons. The fourth-order valence-electron chi connectivity index (χ4n) is 3.56. The number of ether oxygens (including phenoxy) is 1. The number of hydrogen-bond acceptors (Lipinski definition) is 4. The molecule has 27 heavy (non-hydrogen) atoms. The Bertz CT molecular complexity index is 956. The van der Waals surface area contributed by atoms with Crippen molar-refractivity contribution in [1.82, 2.24) is 19.7 Å². The van der Waals surface area contributed by atoms with Crippen LogP contribution in [-0.4, -0.2) is 33.0 Å². The lowest BCUT2D eigenvalue weighted by Crippen LogP contribution is -2.15. The van der Waals surface area contributed by atoms with Crippen molar-refractivity contribution in [2.45, 2.75) is 38.6 Å². The molecule has 6 heteroatoms. The Kier molecular flexibility index (Phi) is 5.16. The summed E-state index contributed by atoms with van der Waals surface area (Å²) in [4.78, 5) is 19.6. The smallest absolute Gasteiger partial charge is 0.248 e. The molecule has 1 N–H and O–H groups in total. The quantitative estimate of drug-likeness (QED) is 0.755. The van der Waals surface area contributed by atoms with Gasteiger partial charge in [-0.1, -0.05) is 37.3 Å². The maximum Gasteiger partial charge on any atom is 0.248 e. The summed E-state index contributed by atoms with van der Waals surface area (Å²) in [5.74, 6) is 2.01. The molecule has 2 aromatic heterocycles. The third-order valence-electron chi connectivity index (χ3n) is 5.04. The maximum atomic E-state index is 11.7.